The second-order valence-electron chi connectivity index (χ2n) is 10.5. The summed E-state index contributed by atoms with van der Waals surface area (Å²) >= 11 is 0. The molecule has 4 rings (SSSR count). The predicted molar refractivity (Wildman–Crippen MR) is 135 cm³/mol. The number of piperidine rings is 1. The van der Waals surface area contributed by atoms with Crippen LogP contribution in [0.3, 0.4) is 0 Å². The van der Waals surface area contributed by atoms with Crippen molar-refractivity contribution in [2.75, 3.05) is 26.7 Å². The normalized spacial score (nSPS) is 20.1. The van der Waals surface area contributed by atoms with Gasteiger partial charge in [-0.1, -0.05) is 32.1 Å². The van der Waals surface area contributed by atoms with Gasteiger partial charge >= 0.3 is 5.97 Å². The van der Waals surface area contributed by atoms with Gasteiger partial charge in [-0.15, -0.1) is 0 Å². The van der Waals surface area contributed by atoms with Crippen LogP contribution in [-0.2, 0) is 11.4 Å². The number of carboxylic acids is 1. The lowest BCUT2D eigenvalue weighted by atomic mass is 9.73. The number of likely N-dealkylation sites (tertiary alicyclic amines) is 1. The van der Waals surface area contributed by atoms with Crippen molar-refractivity contribution in [1.82, 2.24) is 9.88 Å². The van der Waals surface area contributed by atoms with Crippen LogP contribution in [0.4, 0.5) is 0 Å². The van der Waals surface area contributed by atoms with E-state index in [1.165, 1.54) is 38.5 Å². The largest absolute Gasteiger partial charge is 0.497 e. The smallest absolute Gasteiger partial charge is 0.309 e. The van der Waals surface area contributed by atoms with Crippen molar-refractivity contribution in [2.24, 2.45) is 11.3 Å². The predicted octanol–water partition coefficient (Wildman–Crippen LogP) is 4.69. The van der Waals surface area contributed by atoms with Crippen LogP contribution in [-0.4, -0.2) is 57.9 Å². The highest BCUT2D eigenvalue weighted by Gasteiger charge is 2.41. The Labute approximate surface area is 208 Å². The Morgan fingerprint density at radius 3 is 2.63 bits per heavy atom. The number of hydrogen-bond acceptors (Lipinski definition) is 6. The van der Waals surface area contributed by atoms with E-state index in [1.54, 1.807) is 13.3 Å². The topological polar surface area (TPSA) is 103 Å². The molecule has 2 aromatic rings. The maximum atomic E-state index is 12.4. The van der Waals surface area contributed by atoms with Gasteiger partial charge in [0.05, 0.1) is 30.8 Å². The number of nitrogens with zero attached hydrogens (tertiary/aromatic N) is 2. The minimum absolute atomic E-state index is 0.243. The number of pyridine rings is 1. The molecule has 0 radical (unpaired) electrons. The molecule has 3 N–H and O–H groups in total. The summed E-state index contributed by atoms with van der Waals surface area (Å²) < 4.78 is 5.35. The summed E-state index contributed by atoms with van der Waals surface area (Å²) in [7, 11) is 1.58. The SMILES string of the molecule is COc1ccc2ncc(CO)c([C@H](O)CCC3(C(=O)O)CCN(CCC4CCCCC4)CC3)c2c1. The van der Waals surface area contributed by atoms with Gasteiger partial charge in [-0.3, -0.25) is 9.78 Å². The standard InChI is InChI=1S/C28H40N2O5/c1-35-22-7-8-24-23(17-22)26(21(19-31)18-29-24)25(32)9-11-28(27(33)34)12-15-30(16-13-28)14-10-20-5-3-2-4-6-20/h7-8,17-18,20,25,31-32H,2-6,9-16,19H2,1H3,(H,33,34)/t25-/m1/s1. The molecule has 2 fully saturated rings. The fraction of sp³-hybridized carbons (Fsp3) is 0.643. The zero-order valence-corrected chi connectivity index (χ0v) is 20.9. The summed E-state index contributed by atoms with van der Waals surface area (Å²) in [6.07, 6.45) is 10.6. The lowest BCUT2D eigenvalue weighted by Crippen LogP contribution is -2.45. The van der Waals surface area contributed by atoms with E-state index in [9.17, 15) is 20.1 Å². The number of aromatic nitrogens is 1. The molecule has 0 bridgehead atoms. The number of hydrogen-bond donors (Lipinski definition) is 3. The quantitative estimate of drug-likeness (QED) is 0.450. The average Bonchev–Trinajstić information content (AvgIpc) is 2.90. The Hall–Kier alpha value is -2.22. The Morgan fingerprint density at radius 1 is 1.23 bits per heavy atom. The molecule has 0 amide bonds. The van der Waals surface area contributed by atoms with Crippen LogP contribution >= 0.6 is 0 Å². The fourth-order valence-electron chi connectivity index (χ4n) is 6.05. The Kier molecular flexibility index (Phi) is 8.63. The van der Waals surface area contributed by atoms with E-state index in [-0.39, 0.29) is 6.61 Å². The second-order valence-corrected chi connectivity index (χ2v) is 10.5. The second kappa shape index (κ2) is 11.7. The van der Waals surface area contributed by atoms with Crippen LogP contribution < -0.4 is 4.74 Å². The summed E-state index contributed by atoms with van der Waals surface area (Å²) in [4.78, 5) is 19.2. The number of benzene rings is 1. The highest BCUT2D eigenvalue weighted by molar-refractivity contribution is 5.85. The molecule has 7 heteroatoms. The summed E-state index contributed by atoms with van der Waals surface area (Å²) in [5.74, 6) is 0.713. The van der Waals surface area contributed by atoms with Gasteiger partial charge in [0.2, 0.25) is 0 Å². The number of carboxylic acid groups (broad SMARTS) is 1. The average molecular weight is 485 g/mol. The summed E-state index contributed by atoms with van der Waals surface area (Å²) in [5.41, 5.74) is 1.06. The number of rotatable bonds is 10. The van der Waals surface area contributed by atoms with E-state index in [0.717, 1.165) is 30.9 Å². The highest BCUT2D eigenvalue weighted by atomic mass is 16.5. The summed E-state index contributed by atoms with van der Waals surface area (Å²) in [5, 5.41) is 32.0. The molecule has 2 aliphatic rings. The molecular weight excluding hydrogens is 444 g/mol. The minimum Gasteiger partial charge on any atom is -0.497 e. The van der Waals surface area contributed by atoms with Gasteiger partial charge in [-0.2, -0.15) is 0 Å². The molecule has 1 aliphatic heterocycles. The van der Waals surface area contributed by atoms with E-state index in [2.05, 4.69) is 9.88 Å². The van der Waals surface area contributed by atoms with E-state index in [4.69, 9.17) is 4.74 Å². The molecule has 0 spiro atoms. The van der Waals surface area contributed by atoms with Crippen LogP contribution in [0.2, 0.25) is 0 Å². The molecule has 192 valence electrons. The summed E-state index contributed by atoms with van der Waals surface area (Å²) in [6, 6.07) is 5.46. The van der Waals surface area contributed by atoms with E-state index in [1.807, 2.05) is 18.2 Å². The highest BCUT2D eigenvalue weighted by Crippen LogP contribution is 2.40. The molecule has 1 aromatic heterocycles. The van der Waals surface area contributed by atoms with Crippen LogP contribution in [0.5, 0.6) is 5.75 Å². The van der Waals surface area contributed by atoms with Crippen LogP contribution in [0.15, 0.2) is 24.4 Å². The Balaban J connectivity index is 1.42. The fourth-order valence-corrected chi connectivity index (χ4v) is 6.05. The maximum absolute atomic E-state index is 12.4. The number of aliphatic carboxylic acids is 1. The molecule has 1 aliphatic carbocycles. The third-order valence-corrected chi connectivity index (χ3v) is 8.44. The summed E-state index contributed by atoms with van der Waals surface area (Å²) in [6.45, 7) is 2.42. The number of ether oxygens (including phenoxy) is 1. The first-order valence-corrected chi connectivity index (χ1v) is 13.2. The first-order chi connectivity index (χ1) is 17.0. The molecule has 1 saturated carbocycles. The van der Waals surface area contributed by atoms with Gasteiger partial charge in [0, 0.05) is 17.1 Å². The molecule has 0 unspecified atom stereocenters. The third-order valence-electron chi connectivity index (χ3n) is 8.44. The van der Waals surface area contributed by atoms with Gasteiger partial charge in [0.1, 0.15) is 5.75 Å². The molecular formula is C28H40N2O5. The monoisotopic (exact) mass is 484 g/mol. The molecule has 1 saturated heterocycles. The molecule has 1 atom stereocenters. The van der Waals surface area contributed by atoms with Crippen molar-refractivity contribution >= 4 is 16.9 Å². The van der Waals surface area contributed by atoms with E-state index >= 15 is 0 Å². The zero-order chi connectivity index (χ0) is 24.8. The van der Waals surface area contributed by atoms with Crippen LogP contribution in [0.1, 0.15) is 81.4 Å². The Bertz CT molecular complexity index is 991. The zero-order valence-electron chi connectivity index (χ0n) is 20.9. The molecule has 2 heterocycles. The maximum Gasteiger partial charge on any atom is 0.309 e. The van der Waals surface area contributed by atoms with E-state index in [0.29, 0.717) is 48.1 Å². The molecule has 7 nitrogen and oxygen atoms in total. The lowest BCUT2D eigenvalue weighted by molar-refractivity contribution is -0.153. The van der Waals surface area contributed by atoms with Gasteiger partial charge in [-0.25, -0.2) is 0 Å². The van der Waals surface area contributed by atoms with Crippen molar-refractivity contribution in [3.05, 3.63) is 35.5 Å². The Morgan fingerprint density at radius 2 is 1.97 bits per heavy atom. The first-order valence-electron chi connectivity index (χ1n) is 13.2. The van der Waals surface area contributed by atoms with E-state index < -0.39 is 17.5 Å². The van der Waals surface area contributed by atoms with Crippen LogP contribution in [0.25, 0.3) is 10.9 Å². The van der Waals surface area contributed by atoms with Crippen LogP contribution in [0, 0.1) is 11.3 Å². The van der Waals surface area contributed by atoms with Gasteiger partial charge in [0.15, 0.2) is 0 Å². The van der Waals surface area contributed by atoms with Gasteiger partial charge in [0.25, 0.3) is 0 Å². The van der Waals surface area contributed by atoms with Crippen molar-refractivity contribution in [1.29, 1.82) is 0 Å². The van der Waals surface area contributed by atoms with Crippen molar-refractivity contribution in [2.45, 2.75) is 76.9 Å². The minimum atomic E-state index is -0.893. The van der Waals surface area contributed by atoms with Crippen molar-refractivity contribution in [3.63, 3.8) is 0 Å². The molecule has 1 aromatic carbocycles. The van der Waals surface area contributed by atoms with Crippen molar-refractivity contribution < 1.29 is 24.9 Å². The van der Waals surface area contributed by atoms with Gasteiger partial charge < -0.3 is 25.0 Å². The third kappa shape index (κ3) is 5.96. The number of fused-ring (bicyclic) bond motifs is 1. The number of carbonyl (C=O) groups is 1. The molecule has 35 heavy (non-hydrogen) atoms. The number of methoxy groups -OCH3 is 1. The van der Waals surface area contributed by atoms with Gasteiger partial charge in [-0.05, 0) is 81.4 Å². The number of aliphatic hydroxyl groups excluding tert-OH is 2. The number of aliphatic hydroxyl groups is 2. The lowest BCUT2D eigenvalue weighted by Gasteiger charge is -2.40. The first kappa shape index (κ1) is 25.9. The van der Waals surface area contributed by atoms with Crippen molar-refractivity contribution in [3.8, 4) is 5.75 Å².